The number of hydrogen-bond donors (Lipinski definition) is 2. The second-order valence-corrected chi connectivity index (χ2v) is 9.90. The van der Waals surface area contributed by atoms with Gasteiger partial charge in [0.05, 0.1) is 16.6 Å². The molecule has 1 atom stereocenters. The summed E-state index contributed by atoms with van der Waals surface area (Å²) < 4.78 is 24.2. The molecular formula is C25H24N2O3S. The maximum atomic E-state index is 12.3. The number of benzene rings is 3. The third-order valence-electron chi connectivity index (χ3n) is 5.71. The van der Waals surface area contributed by atoms with Crippen molar-refractivity contribution in [1.82, 2.24) is 4.98 Å². The Bertz CT molecular complexity index is 1370. The first kappa shape index (κ1) is 20.9. The minimum atomic E-state index is -3.30. The number of amides is 1. The molecule has 31 heavy (non-hydrogen) atoms. The van der Waals surface area contributed by atoms with E-state index in [0.717, 1.165) is 33.2 Å². The van der Waals surface area contributed by atoms with Crippen LogP contribution < -0.4 is 5.73 Å². The molecular weight excluding hydrogens is 408 g/mol. The Balaban J connectivity index is 1.74. The van der Waals surface area contributed by atoms with Crippen molar-refractivity contribution < 1.29 is 13.2 Å². The van der Waals surface area contributed by atoms with E-state index in [2.05, 4.69) is 17.1 Å². The predicted octanol–water partition coefficient (Wildman–Crippen LogP) is 4.55. The molecule has 1 aromatic heterocycles. The van der Waals surface area contributed by atoms with Gasteiger partial charge in [-0.25, -0.2) is 8.42 Å². The molecule has 0 saturated heterocycles. The van der Waals surface area contributed by atoms with Crippen molar-refractivity contribution in [2.24, 2.45) is 5.73 Å². The van der Waals surface area contributed by atoms with E-state index in [0.29, 0.717) is 5.56 Å². The van der Waals surface area contributed by atoms with Crippen LogP contribution in [0.15, 0.2) is 77.8 Å². The molecule has 0 aliphatic carbocycles. The van der Waals surface area contributed by atoms with E-state index < -0.39 is 21.7 Å². The molecule has 4 rings (SSSR count). The highest BCUT2D eigenvalue weighted by molar-refractivity contribution is 7.91. The van der Waals surface area contributed by atoms with Crippen LogP contribution in [-0.2, 0) is 14.6 Å². The van der Waals surface area contributed by atoms with E-state index in [1.54, 1.807) is 19.1 Å². The smallest absolute Gasteiger partial charge is 0.229 e. The van der Waals surface area contributed by atoms with Crippen molar-refractivity contribution >= 4 is 26.6 Å². The minimum absolute atomic E-state index is 0.0279. The van der Waals surface area contributed by atoms with E-state index in [1.165, 1.54) is 12.1 Å². The zero-order chi connectivity index (χ0) is 22.2. The number of primary amides is 1. The Kier molecular flexibility index (Phi) is 5.41. The minimum Gasteiger partial charge on any atom is -0.369 e. The second kappa shape index (κ2) is 8.04. The van der Waals surface area contributed by atoms with Gasteiger partial charge in [0.25, 0.3) is 0 Å². The van der Waals surface area contributed by atoms with Crippen LogP contribution in [0.2, 0.25) is 0 Å². The molecule has 6 heteroatoms. The maximum Gasteiger partial charge on any atom is 0.229 e. The van der Waals surface area contributed by atoms with Gasteiger partial charge in [-0.1, -0.05) is 49.4 Å². The Hall–Kier alpha value is -3.38. The number of aromatic nitrogens is 1. The number of carbonyl (C=O) groups excluding carboxylic acids is 1. The van der Waals surface area contributed by atoms with Gasteiger partial charge in [-0.2, -0.15) is 0 Å². The van der Waals surface area contributed by atoms with E-state index in [4.69, 9.17) is 5.73 Å². The summed E-state index contributed by atoms with van der Waals surface area (Å²) in [4.78, 5) is 15.8. The fourth-order valence-electron chi connectivity index (χ4n) is 4.04. The SMILES string of the molecule is CCS(=O)(=O)c1ccc(C(C(N)=O)c2ccc(-c3cccc4[nH]ccc34)c(C)c2)cc1. The molecule has 0 fully saturated rings. The highest BCUT2D eigenvalue weighted by atomic mass is 32.2. The fourth-order valence-corrected chi connectivity index (χ4v) is 4.93. The third kappa shape index (κ3) is 3.86. The number of nitrogens with two attached hydrogens (primary N) is 1. The molecule has 0 saturated carbocycles. The Morgan fingerprint density at radius 2 is 1.68 bits per heavy atom. The van der Waals surface area contributed by atoms with Crippen LogP contribution in [-0.4, -0.2) is 25.1 Å². The lowest BCUT2D eigenvalue weighted by Gasteiger charge is -2.17. The van der Waals surface area contributed by atoms with Gasteiger partial charge in [-0.05, 0) is 59.0 Å². The first-order chi connectivity index (χ1) is 14.8. The summed E-state index contributed by atoms with van der Waals surface area (Å²) in [5.74, 6) is -1.11. The molecule has 1 unspecified atom stereocenters. The Morgan fingerprint density at radius 1 is 0.968 bits per heavy atom. The predicted molar refractivity (Wildman–Crippen MR) is 124 cm³/mol. The van der Waals surface area contributed by atoms with Crippen LogP contribution in [0.5, 0.6) is 0 Å². The van der Waals surface area contributed by atoms with Crippen LogP contribution in [0.25, 0.3) is 22.0 Å². The largest absolute Gasteiger partial charge is 0.369 e. The zero-order valence-electron chi connectivity index (χ0n) is 17.4. The summed E-state index contributed by atoms with van der Waals surface area (Å²) in [5.41, 5.74) is 11.5. The zero-order valence-corrected chi connectivity index (χ0v) is 18.2. The number of nitrogens with one attached hydrogen (secondary N) is 1. The van der Waals surface area contributed by atoms with Gasteiger partial charge in [0.2, 0.25) is 5.91 Å². The van der Waals surface area contributed by atoms with Gasteiger partial charge < -0.3 is 10.7 Å². The van der Waals surface area contributed by atoms with E-state index in [-0.39, 0.29) is 10.6 Å². The molecule has 4 aromatic rings. The lowest BCUT2D eigenvalue weighted by Crippen LogP contribution is -2.22. The summed E-state index contributed by atoms with van der Waals surface area (Å²) in [6.07, 6.45) is 1.92. The quantitative estimate of drug-likeness (QED) is 0.468. The molecule has 0 radical (unpaired) electrons. The monoisotopic (exact) mass is 432 g/mol. The number of fused-ring (bicyclic) bond motifs is 1. The molecule has 1 amide bonds. The molecule has 1 heterocycles. The normalized spacial score (nSPS) is 12.7. The highest BCUT2D eigenvalue weighted by Gasteiger charge is 2.22. The first-order valence-corrected chi connectivity index (χ1v) is 11.8. The van der Waals surface area contributed by atoms with Gasteiger partial charge in [-0.3, -0.25) is 4.79 Å². The van der Waals surface area contributed by atoms with E-state index >= 15 is 0 Å². The summed E-state index contributed by atoms with van der Waals surface area (Å²) in [6, 6.07) is 20.5. The Morgan fingerprint density at radius 3 is 2.32 bits per heavy atom. The average Bonchev–Trinajstić information content (AvgIpc) is 3.23. The number of aryl methyl sites for hydroxylation is 1. The number of sulfone groups is 1. The third-order valence-corrected chi connectivity index (χ3v) is 7.46. The molecule has 0 bridgehead atoms. The lowest BCUT2D eigenvalue weighted by molar-refractivity contribution is -0.118. The van der Waals surface area contributed by atoms with Gasteiger partial charge in [0, 0.05) is 17.1 Å². The standard InChI is InChI=1S/C25H24N2O3S/c1-3-31(29,30)19-10-7-17(8-11-19)24(25(26)28)18-9-12-20(16(2)15-18)21-5-4-6-23-22(21)13-14-27-23/h4-15,24,27H,3H2,1-2H3,(H2,26,28). The van der Waals surface area contributed by atoms with E-state index in [9.17, 15) is 13.2 Å². The van der Waals surface area contributed by atoms with Crippen LogP contribution in [0.4, 0.5) is 0 Å². The first-order valence-electron chi connectivity index (χ1n) is 10.1. The highest BCUT2D eigenvalue weighted by Crippen LogP contribution is 2.34. The molecule has 0 aliphatic heterocycles. The number of aromatic amines is 1. The van der Waals surface area contributed by atoms with Crippen molar-refractivity contribution in [3.63, 3.8) is 0 Å². The van der Waals surface area contributed by atoms with Crippen molar-refractivity contribution in [1.29, 1.82) is 0 Å². The number of hydrogen-bond acceptors (Lipinski definition) is 3. The second-order valence-electron chi connectivity index (χ2n) is 7.63. The number of H-pyrrole nitrogens is 1. The fraction of sp³-hybridized carbons (Fsp3) is 0.160. The molecule has 158 valence electrons. The summed E-state index contributed by atoms with van der Waals surface area (Å²) in [7, 11) is -3.30. The Labute approximate surface area is 181 Å². The van der Waals surface area contributed by atoms with Gasteiger partial charge >= 0.3 is 0 Å². The molecule has 3 N–H and O–H groups in total. The van der Waals surface area contributed by atoms with Crippen LogP contribution in [0.1, 0.15) is 29.5 Å². The molecule has 3 aromatic carbocycles. The van der Waals surface area contributed by atoms with Crippen molar-refractivity contribution in [2.45, 2.75) is 24.7 Å². The van der Waals surface area contributed by atoms with Crippen molar-refractivity contribution in [2.75, 3.05) is 5.75 Å². The summed E-state index contributed by atoms with van der Waals surface area (Å²) in [5, 5.41) is 1.14. The summed E-state index contributed by atoms with van der Waals surface area (Å²) >= 11 is 0. The number of rotatable bonds is 6. The van der Waals surface area contributed by atoms with Crippen molar-refractivity contribution in [3.05, 3.63) is 89.6 Å². The van der Waals surface area contributed by atoms with Crippen LogP contribution in [0.3, 0.4) is 0 Å². The van der Waals surface area contributed by atoms with Crippen LogP contribution >= 0.6 is 0 Å². The molecule has 0 aliphatic rings. The van der Waals surface area contributed by atoms with Crippen LogP contribution in [0, 0.1) is 6.92 Å². The van der Waals surface area contributed by atoms with Crippen molar-refractivity contribution in [3.8, 4) is 11.1 Å². The van der Waals surface area contributed by atoms with Gasteiger partial charge in [-0.15, -0.1) is 0 Å². The average molecular weight is 433 g/mol. The molecule has 0 spiro atoms. The van der Waals surface area contributed by atoms with Gasteiger partial charge in [0.1, 0.15) is 0 Å². The topological polar surface area (TPSA) is 93.0 Å². The van der Waals surface area contributed by atoms with E-state index in [1.807, 2.05) is 43.5 Å². The molecule has 5 nitrogen and oxygen atoms in total. The number of carbonyl (C=O) groups is 1. The lowest BCUT2D eigenvalue weighted by atomic mass is 9.87. The summed E-state index contributed by atoms with van der Waals surface area (Å²) in [6.45, 7) is 3.62. The van der Waals surface area contributed by atoms with Gasteiger partial charge in [0.15, 0.2) is 9.84 Å². The maximum absolute atomic E-state index is 12.3.